The van der Waals surface area contributed by atoms with Crippen molar-refractivity contribution in [2.75, 3.05) is 5.32 Å². The fraction of sp³-hybridized carbons (Fsp3) is 0.333. The molecule has 5 nitrogen and oxygen atoms in total. The first-order valence-corrected chi connectivity index (χ1v) is 10.1. The van der Waals surface area contributed by atoms with Gasteiger partial charge in [-0.15, -0.1) is 0 Å². The monoisotopic (exact) mass is 389 g/mol. The Morgan fingerprint density at radius 3 is 2.31 bits per heavy atom. The summed E-state index contributed by atoms with van der Waals surface area (Å²) in [4.78, 5) is 24.9. The topological polar surface area (TPSA) is 75.6 Å². The standard InChI is InChI=1S/C24H23NO4/c1-13-3-2-4-16(11-13)29-15-7-5-14(6-8-15)25-23(26)21-17-9-10-18(20-12-19(17)20)22(21)24(27)28/h2-11,17-22H,12H2,1H3,(H,25,26)(H,27,28). The minimum atomic E-state index is -0.864. The molecule has 0 spiro atoms. The van der Waals surface area contributed by atoms with E-state index in [1.165, 1.54) is 0 Å². The molecule has 2 aromatic carbocycles. The zero-order valence-corrected chi connectivity index (χ0v) is 16.1. The van der Waals surface area contributed by atoms with Gasteiger partial charge < -0.3 is 15.2 Å². The number of aliphatic carboxylic acids is 1. The van der Waals surface area contributed by atoms with Crippen molar-refractivity contribution in [3.63, 3.8) is 0 Å². The maximum absolute atomic E-state index is 13.0. The molecule has 0 radical (unpaired) electrons. The van der Waals surface area contributed by atoms with Crippen LogP contribution in [0.4, 0.5) is 5.69 Å². The van der Waals surface area contributed by atoms with E-state index in [2.05, 4.69) is 11.4 Å². The maximum Gasteiger partial charge on any atom is 0.307 e. The van der Waals surface area contributed by atoms with Gasteiger partial charge in [-0.2, -0.15) is 0 Å². The minimum absolute atomic E-state index is 0.0108. The van der Waals surface area contributed by atoms with Crippen LogP contribution in [0.5, 0.6) is 11.5 Å². The molecule has 2 N–H and O–H groups in total. The highest BCUT2D eigenvalue weighted by molar-refractivity contribution is 5.96. The number of hydrogen-bond acceptors (Lipinski definition) is 3. The molecule has 29 heavy (non-hydrogen) atoms. The summed E-state index contributed by atoms with van der Waals surface area (Å²) >= 11 is 0. The molecule has 1 amide bonds. The molecule has 4 aliphatic carbocycles. The first-order valence-electron chi connectivity index (χ1n) is 10.1. The van der Waals surface area contributed by atoms with E-state index in [4.69, 9.17) is 4.74 Å². The molecule has 2 aromatic rings. The smallest absolute Gasteiger partial charge is 0.307 e. The molecular weight excluding hydrogens is 366 g/mol. The number of ether oxygens (including phenoxy) is 1. The number of nitrogens with one attached hydrogen (secondary N) is 1. The van der Waals surface area contributed by atoms with Gasteiger partial charge in [-0.1, -0.05) is 24.3 Å². The molecule has 6 rings (SSSR count). The molecule has 0 heterocycles. The largest absolute Gasteiger partial charge is 0.481 e. The Balaban J connectivity index is 1.29. The van der Waals surface area contributed by atoms with Crippen molar-refractivity contribution in [1.29, 1.82) is 0 Å². The lowest BCUT2D eigenvalue weighted by Gasteiger charge is -2.41. The van der Waals surface area contributed by atoms with Crippen molar-refractivity contribution in [2.45, 2.75) is 13.3 Å². The van der Waals surface area contributed by atoms with Crippen molar-refractivity contribution < 1.29 is 19.4 Å². The summed E-state index contributed by atoms with van der Waals surface area (Å²) in [6.45, 7) is 2.01. The zero-order valence-electron chi connectivity index (χ0n) is 16.1. The Kier molecular flexibility index (Phi) is 4.19. The van der Waals surface area contributed by atoms with Crippen molar-refractivity contribution in [2.24, 2.45) is 35.5 Å². The lowest BCUT2D eigenvalue weighted by molar-refractivity contribution is -0.152. The van der Waals surface area contributed by atoms with Crippen LogP contribution < -0.4 is 10.1 Å². The van der Waals surface area contributed by atoms with E-state index in [9.17, 15) is 14.7 Å². The van der Waals surface area contributed by atoms with Gasteiger partial charge in [-0.05, 0) is 79.0 Å². The lowest BCUT2D eigenvalue weighted by atomic mass is 9.62. The maximum atomic E-state index is 13.0. The minimum Gasteiger partial charge on any atom is -0.481 e. The van der Waals surface area contributed by atoms with Crippen LogP contribution in [0.25, 0.3) is 0 Å². The Bertz CT molecular complexity index is 996. The van der Waals surface area contributed by atoms with Crippen molar-refractivity contribution in [3.8, 4) is 11.5 Å². The highest BCUT2D eigenvalue weighted by Gasteiger charge is 2.62. The van der Waals surface area contributed by atoms with Crippen LogP contribution in [0.15, 0.2) is 60.7 Å². The van der Waals surface area contributed by atoms with Crippen LogP contribution in [0, 0.1) is 42.4 Å². The third-order valence-electron chi connectivity index (χ3n) is 6.59. The number of carbonyl (C=O) groups excluding carboxylic acids is 1. The number of anilines is 1. The van der Waals surface area contributed by atoms with Gasteiger partial charge in [-0.3, -0.25) is 9.59 Å². The Morgan fingerprint density at radius 2 is 1.66 bits per heavy atom. The second kappa shape index (κ2) is 6.76. The van der Waals surface area contributed by atoms with Crippen LogP contribution in [0.1, 0.15) is 12.0 Å². The number of hydrogen-bond donors (Lipinski definition) is 2. The van der Waals surface area contributed by atoms with Crippen molar-refractivity contribution >= 4 is 17.6 Å². The normalized spacial score (nSPS) is 31.1. The summed E-state index contributed by atoms with van der Waals surface area (Å²) in [5.41, 5.74) is 1.77. The second-order valence-corrected chi connectivity index (χ2v) is 8.43. The number of benzene rings is 2. The van der Waals surface area contributed by atoms with E-state index in [1.54, 1.807) is 24.3 Å². The van der Waals surface area contributed by atoms with E-state index < -0.39 is 17.8 Å². The van der Waals surface area contributed by atoms with Gasteiger partial charge in [0.15, 0.2) is 0 Å². The molecule has 2 fully saturated rings. The number of carboxylic acids is 1. The summed E-state index contributed by atoms with van der Waals surface area (Å²) in [6, 6.07) is 15.0. The predicted octanol–water partition coefficient (Wildman–Crippen LogP) is 4.49. The van der Waals surface area contributed by atoms with E-state index >= 15 is 0 Å². The summed E-state index contributed by atoms with van der Waals surface area (Å²) in [5.74, 6) is 0.193. The van der Waals surface area contributed by atoms with Gasteiger partial charge in [0, 0.05) is 5.69 Å². The summed E-state index contributed by atoms with van der Waals surface area (Å²) in [5, 5.41) is 12.7. The summed E-state index contributed by atoms with van der Waals surface area (Å²) in [6.07, 6.45) is 5.14. The molecule has 4 aliphatic rings. The van der Waals surface area contributed by atoms with E-state index in [0.717, 1.165) is 17.7 Å². The third kappa shape index (κ3) is 3.20. The van der Waals surface area contributed by atoms with Gasteiger partial charge >= 0.3 is 5.97 Å². The van der Waals surface area contributed by atoms with Crippen LogP contribution in [-0.4, -0.2) is 17.0 Å². The fourth-order valence-corrected chi connectivity index (χ4v) is 5.22. The molecule has 2 saturated carbocycles. The summed E-state index contributed by atoms with van der Waals surface area (Å²) < 4.78 is 5.84. The number of amides is 1. The number of aryl methyl sites for hydroxylation is 1. The number of carbonyl (C=O) groups is 2. The first kappa shape index (κ1) is 18.0. The molecular formula is C24H23NO4. The Hall–Kier alpha value is -3.08. The zero-order chi connectivity index (χ0) is 20.1. The average molecular weight is 389 g/mol. The molecule has 5 heteroatoms. The molecule has 6 atom stereocenters. The Morgan fingerprint density at radius 1 is 0.966 bits per heavy atom. The van der Waals surface area contributed by atoms with Crippen molar-refractivity contribution in [3.05, 3.63) is 66.2 Å². The molecule has 0 aromatic heterocycles. The van der Waals surface area contributed by atoms with E-state index in [0.29, 0.717) is 23.3 Å². The third-order valence-corrected chi connectivity index (χ3v) is 6.59. The number of allylic oxidation sites excluding steroid dienone is 2. The van der Waals surface area contributed by atoms with Crippen molar-refractivity contribution in [1.82, 2.24) is 0 Å². The van der Waals surface area contributed by atoms with E-state index in [1.807, 2.05) is 37.3 Å². The second-order valence-electron chi connectivity index (χ2n) is 8.43. The molecule has 0 saturated heterocycles. The number of rotatable bonds is 5. The highest BCUT2D eigenvalue weighted by Crippen LogP contribution is 2.63. The van der Waals surface area contributed by atoms with Crippen LogP contribution in [0.3, 0.4) is 0 Å². The predicted molar refractivity (Wildman–Crippen MR) is 109 cm³/mol. The number of fused-ring (bicyclic) bond motifs is 1. The van der Waals surface area contributed by atoms with Gasteiger partial charge in [0.2, 0.25) is 5.91 Å². The quantitative estimate of drug-likeness (QED) is 0.739. The van der Waals surface area contributed by atoms with E-state index in [-0.39, 0.29) is 17.7 Å². The highest BCUT2D eigenvalue weighted by atomic mass is 16.5. The lowest BCUT2D eigenvalue weighted by Crippen LogP contribution is -2.48. The molecule has 0 aliphatic heterocycles. The average Bonchev–Trinajstić information content (AvgIpc) is 3.51. The molecule has 6 unspecified atom stereocenters. The first-order chi connectivity index (χ1) is 14.0. The van der Waals surface area contributed by atoms with Crippen LogP contribution in [-0.2, 0) is 9.59 Å². The van der Waals surface area contributed by atoms with Crippen LogP contribution in [0.2, 0.25) is 0 Å². The molecule has 2 bridgehead atoms. The Labute approximate surface area is 169 Å². The number of carboxylic acid groups (broad SMARTS) is 1. The van der Waals surface area contributed by atoms with Crippen LogP contribution >= 0.6 is 0 Å². The van der Waals surface area contributed by atoms with Gasteiger partial charge in [-0.25, -0.2) is 0 Å². The summed E-state index contributed by atoms with van der Waals surface area (Å²) in [7, 11) is 0. The van der Waals surface area contributed by atoms with Gasteiger partial charge in [0.25, 0.3) is 0 Å². The fourth-order valence-electron chi connectivity index (χ4n) is 5.22. The van der Waals surface area contributed by atoms with Gasteiger partial charge in [0.05, 0.1) is 11.8 Å². The SMILES string of the molecule is Cc1cccc(Oc2ccc(NC(=O)C3C4C=CC(C5CC45)C3C(=O)O)cc2)c1. The van der Waals surface area contributed by atoms with Gasteiger partial charge in [0.1, 0.15) is 11.5 Å². The molecule has 148 valence electrons.